The Morgan fingerprint density at radius 1 is 1.11 bits per heavy atom. The van der Waals surface area contributed by atoms with Gasteiger partial charge in [-0.2, -0.15) is 0 Å². The van der Waals surface area contributed by atoms with Crippen LogP contribution in [0.1, 0.15) is 24.0 Å². The molecule has 6 nitrogen and oxygen atoms in total. The molecule has 0 spiro atoms. The van der Waals surface area contributed by atoms with Crippen molar-refractivity contribution in [2.75, 3.05) is 33.6 Å². The number of rotatable bonds is 9. The first kappa shape index (κ1) is 19.9. The molecule has 7 heteroatoms. The van der Waals surface area contributed by atoms with Gasteiger partial charge in [0.05, 0.1) is 20.3 Å². The van der Waals surface area contributed by atoms with E-state index in [-0.39, 0.29) is 6.10 Å². The number of hydrogen-bond donors (Lipinski definition) is 0. The summed E-state index contributed by atoms with van der Waals surface area (Å²) in [4.78, 5) is 11.2. The van der Waals surface area contributed by atoms with Crippen molar-refractivity contribution in [1.29, 1.82) is 0 Å². The van der Waals surface area contributed by atoms with Crippen LogP contribution in [0.5, 0.6) is 11.5 Å². The zero-order chi connectivity index (χ0) is 19.1. The fourth-order valence-electron chi connectivity index (χ4n) is 3.29. The summed E-state index contributed by atoms with van der Waals surface area (Å²) in [5.41, 5.74) is 2.28. The number of ether oxygens (including phenoxy) is 3. The third kappa shape index (κ3) is 5.57. The van der Waals surface area contributed by atoms with Crippen molar-refractivity contribution in [3.8, 4) is 11.5 Å². The summed E-state index contributed by atoms with van der Waals surface area (Å²) in [5, 5.41) is 0.796. The van der Waals surface area contributed by atoms with Gasteiger partial charge in [-0.05, 0) is 36.8 Å². The molecule has 2 aromatic rings. The lowest BCUT2D eigenvalue weighted by Gasteiger charge is -2.25. The fraction of sp³-hybridized carbons (Fsp3) is 0.500. The molecule has 1 atom stereocenters. The van der Waals surface area contributed by atoms with Gasteiger partial charge in [-0.1, -0.05) is 17.8 Å². The van der Waals surface area contributed by atoms with Crippen molar-refractivity contribution in [3.63, 3.8) is 0 Å². The van der Waals surface area contributed by atoms with Crippen LogP contribution in [0, 0.1) is 0 Å². The van der Waals surface area contributed by atoms with Gasteiger partial charge in [-0.25, -0.2) is 9.97 Å². The Hall–Kier alpha value is -1.83. The predicted octanol–water partition coefficient (Wildman–Crippen LogP) is 3.40. The molecule has 0 aliphatic carbocycles. The van der Waals surface area contributed by atoms with E-state index >= 15 is 0 Å². The average molecular weight is 390 g/mol. The van der Waals surface area contributed by atoms with Gasteiger partial charge in [0, 0.05) is 44.2 Å². The summed E-state index contributed by atoms with van der Waals surface area (Å²) in [6.45, 7) is 3.33. The molecular weight excluding hydrogens is 362 g/mol. The molecule has 1 aromatic carbocycles. The van der Waals surface area contributed by atoms with Crippen molar-refractivity contribution >= 4 is 11.8 Å². The molecule has 0 N–H and O–H groups in total. The van der Waals surface area contributed by atoms with Gasteiger partial charge in [-0.15, -0.1) is 0 Å². The highest BCUT2D eigenvalue weighted by molar-refractivity contribution is 7.98. The Balaban J connectivity index is 1.74. The van der Waals surface area contributed by atoms with E-state index in [1.54, 1.807) is 26.0 Å². The summed E-state index contributed by atoms with van der Waals surface area (Å²) in [6.07, 6.45) is 8.35. The van der Waals surface area contributed by atoms with Crippen LogP contribution in [-0.2, 0) is 17.8 Å². The molecule has 3 rings (SSSR count). The predicted molar refractivity (Wildman–Crippen MR) is 106 cm³/mol. The van der Waals surface area contributed by atoms with Crippen molar-refractivity contribution in [3.05, 3.63) is 41.7 Å². The van der Waals surface area contributed by atoms with Gasteiger partial charge < -0.3 is 14.2 Å². The normalized spacial score (nSPS) is 16.7. The molecule has 27 heavy (non-hydrogen) atoms. The van der Waals surface area contributed by atoms with Crippen LogP contribution in [0.25, 0.3) is 0 Å². The smallest absolute Gasteiger partial charge is 0.187 e. The molecule has 0 radical (unpaired) electrons. The quantitative estimate of drug-likeness (QED) is 0.481. The van der Waals surface area contributed by atoms with E-state index in [9.17, 15) is 0 Å². The van der Waals surface area contributed by atoms with Gasteiger partial charge in [0.25, 0.3) is 0 Å². The summed E-state index contributed by atoms with van der Waals surface area (Å²) >= 11 is 1.55. The molecular formula is C20H27N3O3S. The zero-order valence-corrected chi connectivity index (χ0v) is 17.0. The largest absolute Gasteiger partial charge is 0.493 e. The van der Waals surface area contributed by atoms with Crippen LogP contribution in [-0.4, -0.2) is 54.6 Å². The van der Waals surface area contributed by atoms with E-state index in [0.717, 1.165) is 61.3 Å². The minimum Gasteiger partial charge on any atom is -0.493 e. The van der Waals surface area contributed by atoms with E-state index in [2.05, 4.69) is 20.9 Å². The SMILES string of the molecule is COc1ccc(CN(Cc2cnc(SC)nc2)CC2CCCO2)cc1OC. The second kappa shape index (κ2) is 9.92. The van der Waals surface area contributed by atoms with Gasteiger partial charge in [0.15, 0.2) is 16.7 Å². The average Bonchev–Trinajstić information content (AvgIpc) is 3.21. The minimum absolute atomic E-state index is 0.288. The summed E-state index contributed by atoms with van der Waals surface area (Å²) in [5.74, 6) is 1.49. The number of aromatic nitrogens is 2. The second-order valence-electron chi connectivity index (χ2n) is 6.57. The molecule has 146 valence electrons. The van der Waals surface area contributed by atoms with E-state index in [4.69, 9.17) is 14.2 Å². The third-order valence-electron chi connectivity index (χ3n) is 4.61. The summed E-state index contributed by atoms with van der Waals surface area (Å²) in [6, 6.07) is 6.07. The Morgan fingerprint density at radius 3 is 2.48 bits per heavy atom. The summed E-state index contributed by atoms with van der Waals surface area (Å²) in [7, 11) is 3.32. The first-order valence-corrected chi connectivity index (χ1v) is 10.3. The van der Waals surface area contributed by atoms with Crippen LogP contribution >= 0.6 is 11.8 Å². The summed E-state index contributed by atoms with van der Waals surface area (Å²) < 4.78 is 16.6. The van der Waals surface area contributed by atoms with E-state index in [0.29, 0.717) is 0 Å². The maximum atomic E-state index is 5.86. The first-order chi connectivity index (χ1) is 13.2. The molecule has 1 aliphatic rings. The minimum atomic E-state index is 0.288. The Morgan fingerprint density at radius 2 is 1.85 bits per heavy atom. The van der Waals surface area contributed by atoms with Crippen LogP contribution in [0.15, 0.2) is 35.7 Å². The Labute approximate surface area is 165 Å². The Kier molecular flexibility index (Phi) is 7.32. The number of benzene rings is 1. The maximum absolute atomic E-state index is 5.86. The van der Waals surface area contributed by atoms with Crippen LogP contribution in [0.4, 0.5) is 0 Å². The molecule has 1 saturated heterocycles. The number of nitrogens with zero attached hydrogens (tertiary/aromatic N) is 3. The molecule has 1 aromatic heterocycles. The fourth-order valence-corrected chi connectivity index (χ4v) is 3.60. The Bertz CT molecular complexity index is 721. The van der Waals surface area contributed by atoms with Gasteiger partial charge in [0.1, 0.15) is 0 Å². The van der Waals surface area contributed by atoms with Gasteiger partial charge in [-0.3, -0.25) is 4.90 Å². The second-order valence-corrected chi connectivity index (χ2v) is 7.35. The number of thioether (sulfide) groups is 1. The third-order valence-corrected chi connectivity index (χ3v) is 5.19. The van der Waals surface area contributed by atoms with Gasteiger partial charge in [0.2, 0.25) is 0 Å². The molecule has 1 unspecified atom stereocenters. The van der Waals surface area contributed by atoms with Crippen LogP contribution < -0.4 is 9.47 Å². The van der Waals surface area contributed by atoms with Crippen molar-refractivity contribution in [1.82, 2.24) is 14.9 Å². The van der Waals surface area contributed by atoms with Crippen LogP contribution in [0.3, 0.4) is 0 Å². The van der Waals surface area contributed by atoms with Crippen molar-refractivity contribution < 1.29 is 14.2 Å². The number of hydrogen-bond acceptors (Lipinski definition) is 7. The lowest BCUT2D eigenvalue weighted by molar-refractivity contribution is 0.0678. The molecule has 2 heterocycles. The van der Waals surface area contributed by atoms with Crippen molar-refractivity contribution in [2.24, 2.45) is 0 Å². The maximum Gasteiger partial charge on any atom is 0.187 e. The highest BCUT2D eigenvalue weighted by Gasteiger charge is 2.20. The standard InChI is InChI=1S/C20H27N3O3S/c1-24-18-7-6-15(9-19(18)25-2)12-23(14-17-5-4-8-26-17)13-16-10-21-20(27-3)22-11-16/h6-7,9-11,17H,4-5,8,12-14H2,1-3H3. The van der Waals surface area contributed by atoms with E-state index < -0.39 is 0 Å². The lowest BCUT2D eigenvalue weighted by Crippen LogP contribution is -2.31. The first-order valence-electron chi connectivity index (χ1n) is 9.11. The monoisotopic (exact) mass is 389 g/mol. The molecule has 1 fully saturated rings. The molecule has 0 amide bonds. The highest BCUT2D eigenvalue weighted by Crippen LogP contribution is 2.28. The van der Waals surface area contributed by atoms with Gasteiger partial charge >= 0.3 is 0 Å². The molecule has 1 aliphatic heterocycles. The topological polar surface area (TPSA) is 56.7 Å². The number of methoxy groups -OCH3 is 2. The van der Waals surface area contributed by atoms with E-state index in [1.165, 1.54) is 5.56 Å². The van der Waals surface area contributed by atoms with Crippen molar-refractivity contribution in [2.45, 2.75) is 37.2 Å². The van der Waals surface area contributed by atoms with Crippen LogP contribution in [0.2, 0.25) is 0 Å². The zero-order valence-electron chi connectivity index (χ0n) is 16.2. The van der Waals surface area contributed by atoms with E-state index in [1.807, 2.05) is 30.8 Å². The molecule has 0 bridgehead atoms. The molecule has 0 saturated carbocycles. The highest BCUT2D eigenvalue weighted by atomic mass is 32.2. The lowest BCUT2D eigenvalue weighted by atomic mass is 10.1.